The first-order valence-corrected chi connectivity index (χ1v) is 9.26. The molecule has 1 aliphatic heterocycles. The highest BCUT2D eigenvalue weighted by molar-refractivity contribution is 5.78. The van der Waals surface area contributed by atoms with Crippen molar-refractivity contribution < 1.29 is 4.79 Å². The molecule has 4 heteroatoms. The molecule has 0 spiro atoms. The minimum Gasteiger partial charge on any atom is -0.340 e. The van der Waals surface area contributed by atoms with E-state index < -0.39 is 0 Å². The normalized spacial score (nSPS) is 17.2. The number of rotatable bonds is 9. The van der Waals surface area contributed by atoms with Gasteiger partial charge in [-0.2, -0.15) is 0 Å². The van der Waals surface area contributed by atoms with Gasteiger partial charge in [0.05, 0.1) is 0 Å². The van der Waals surface area contributed by atoms with Crippen LogP contribution < -0.4 is 5.32 Å². The Hall–Kier alpha value is -2.20. The summed E-state index contributed by atoms with van der Waals surface area (Å²) >= 11 is 0. The van der Waals surface area contributed by atoms with Crippen molar-refractivity contribution in [3.8, 4) is 0 Å². The van der Waals surface area contributed by atoms with Gasteiger partial charge < -0.3 is 10.2 Å². The van der Waals surface area contributed by atoms with E-state index in [9.17, 15) is 4.79 Å². The Balaban J connectivity index is 1.39. The zero-order valence-corrected chi connectivity index (χ0v) is 14.7. The van der Waals surface area contributed by atoms with Crippen molar-refractivity contribution in [2.45, 2.75) is 44.7 Å². The monoisotopic (exact) mass is 337 g/mol. The molecule has 1 aliphatic rings. The molecule has 25 heavy (non-hydrogen) atoms. The van der Waals surface area contributed by atoms with Crippen molar-refractivity contribution >= 4 is 5.91 Å². The average molecular weight is 337 g/mol. The lowest BCUT2D eigenvalue weighted by atomic mass is 10.1. The third kappa shape index (κ3) is 5.40. The Bertz CT molecular complexity index is 645. The lowest BCUT2D eigenvalue weighted by Crippen LogP contribution is -2.36. The van der Waals surface area contributed by atoms with Crippen LogP contribution in [0, 0.1) is 0 Å². The number of pyridine rings is 1. The van der Waals surface area contributed by atoms with Gasteiger partial charge in [0, 0.05) is 37.9 Å². The van der Waals surface area contributed by atoms with Crippen LogP contribution >= 0.6 is 0 Å². The highest BCUT2D eigenvalue weighted by atomic mass is 16.2. The first-order chi connectivity index (χ1) is 12.3. The minimum atomic E-state index is 0.322. The number of hydrogen-bond acceptors (Lipinski definition) is 3. The molecule has 1 N–H and O–H groups in total. The quantitative estimate of drug-likeness (QED) is 0.715. The smallest absolute Gasteiger partial charge is 0.222 e. The summed E-state index contributed by atoms with van der Waals surface area (Å²) < 4.78 is 0. The number of nitrogens with one attached hydrogen (secondary N) is 1. The van der Waals surface area contributed by atoms with Gasteiger partial charge in [-0.05, 0) is 55.5 Å². The van der Waals surface area contributed by atoms with Crippen LogP contribution in [-0.4, -0.2) is 34.9 Å². The fraction of sp³-hybridized carbons (Fsp3) is 0.429. The molecule has 1 fully saturated rings. The number of amides is 1. The van der Waals surface area contributed by atoms with Crippen LogP contribution in [0.5, 0.6) is 0 Å². The molecule has 4 nitrogen and oxygen atoms in total. The Morgan fingerprint density at radius 3 is 2.68 bits per heavy atom. The first kappa shape index (κ1) is 17.6. The van der Waals surface area contributed by atoms with Crippen molar-refractivity contribution in [1.82, 2.24) is 15.2 Å². The van der Waals surface area contributed by atoms with E-state index in [0.29, 0.717) is 18.4 Å². The molecule has 0 saturated carbocycles. The third-order valence-electron chi connectivity index (χ3n) is 4.89. The van der Waals surface area contributed by atoms with E-state index in [2.05, 4.69) is 51.6 Å². The van der Waals surface area contributed by atoms with Crippen molar-refractivity contribution in [3.05, 3.63) is 66.0 Å². The lowest BCUT2D eigenvalue weighted by molar-refractivity contribution is -0.129. The molecule has 1 amide bonds. The maximum Gasteiger partial charge on any atom is 0.222 e. The number of benzene rings is 1. The van der Waals surface area contributed by atoms with Gasteiger partial charge in [-0.15, -0.1) is 0 Å². The highest BCUT2D eigenvalue weighted by Crippen LogP contribution is 2.21. The number of aromatic nitrogens is 1. The molecule has 132 valence electrons. The third-order valence-corrected chi connectivity index (χ3v) is 4.89. The summed E-state index contributed by atoms with van der Waals surface area (Å²) in [6.45, 7) is 2.71. The van der Waals surface area contributed by atoms with E-state index in [1.165, 1.54) is 11.1 Å². The molecule has 2 heterocycles. The summed E-state index contributed by atoms with van der Waals surface area (Å²) in [6.07, 6.45) is 8.43. The Labute approximate surface area is 150 Å². The van der Waals surface area contributed by atoms with Crippen LogP contribution in [0.15, 0.2) is 54.9 Å². The van der Waals surface area contributed by atoms with Gasteiger partial charge in [-0.3, -0.25) is 9.78 Å². The van der Waals surface area contributed by atoms with E-state index in [1.54, 1.807) is 0 Å². The molecule has 0 radical (unpaired) electrons. The van der Waals surface area contributed by atoms with Gasteiger partial charge in [-0.25, -0.2) is 0 Å². The Morgan fingerprint density at radius 2 is 1.88 bits per heavy atom. The molecular formula is C21H27N3O. The van der Waals surface area contributed by atoms with E-state index in [4.69, 9.17) is 0 Å². The maximum absolute atomic E-state index is 12.2. The van der Waals surface area contributed by atoms with Gasteiger partial charge in [-0.1, -0.05) is 30.3 Å². The molecule has 2 aromatic rings. The molecule has 1 saturated heterocycles. The highest BCUT2D eigenvalue weighted by Gasteiger charge is 2.29. The standard InChI is InChI=1S/C21H27N3O/c25-21-9-8-20(12-15-23-17-19-5-2-1-3-6-19)24(21)16-4-7-18-10-13-22-14-11-18/h1-3,5-6,10-11,13-14,20,23H,4,7-9,12,15-17H2/t20-/m0/s1. The number of nitrogens with zero attached hydrogens (tertiary/aromatic N) is 2. The Kier molecular flexibility index (Phi) is 6.57. The molecule has 0 bridgehead atoms. The van der Waals surface area contributed by atoms with Crippen LogP contribution in [0.3, 0.4) is 0 Å². The molecule has 1 aromatic carbocycles. The van der Waals surface area contributed by atoms with Gasteiger partial charge >= 0.3 is 0 Å². The van der Waals surface area contributed by atoms with Gasteiger partial charge in [0.1, 0.15) is 0 Å². The number of likely N-dealkylation sites (tertiary alicyclic amines) is 1. The average Bonchev–Trinajstić information content (AvgIpc) is 3.01. The maximum atomic E-state index is 12.2. The summed E-state index contributed by atoms with van der Waals surface area (Å²) in [5.74, 6) is 0.322. The molecule has 1 atom stereocenters. The summed E-state index contributed by atoms with van der Waals surface area (Å²) in [4.78, 5) is 18.3. The number of carbonyl (C=O) groups is 1. The van der Waals surface area contributed by atoms with Crippen molar-refractivity contribution in [1.29, 1.82) is 0 Å². The van der Waals surface area contributed by atoms with E-state index >= 15 is 0 Å². The fourth-order valence-corrected chi connectivity index (χ4v) is 3.50. The second-order valence-corrected chi connectivity index (χ2v) is 6.69. The summed E-state index contributed by atoms with van der Waals surface area (Å²) in [5.41, 5.74) is 2.60. The second kappa shape index (κ2) is 9.33. The van der Waals surface area contributed by atoms with Crippen LogP contribution in [-0.2, 0) is 17.8 Å². The van der Waals surface area contributed by atoms with Crippen molar-refractivity contribution in [2.75, 3.05) is 13.1 Å². The van der Waals surface area contributed by atoms with Crippen LogP contribution in [0.2, 0.25) is 0 Å². The van der Waals surface area contributed by atoms with Crippen LogP contribution in [0.1, 0.15) is 36.8 Å². The summed E-state index contributed by atoms with van der Waals surface area (Å²) in [7, 11) is 0. The summed E-state index contributed by atoms with van der Waals surface area (Å²) in [5, 5.41) is 3.50. The van der Waals surface area contributed by atoms with E-state index in [0.717, 1.165) is 45.3 Å². The van der Waals surface area contributed by atoms with Gasteiger partial charge in [0.15, 0.2) is 0 Å². The number of carbonyl (C=O) groups excluding carboxylic acids is 1. The number of aryl methyl sites for hydroxylation is 1. The topological polar surface area (TPSA) is 45.2 Å². The zero-order chi connectivity index (χ0) is 17.3. The largest absolute Gasteiger partial charge is 0.340 e. The first-order valence-electron chi connectivity index (χ1n) is 9.26. The SMILES string of the molecule is O=C1CC[C@@H](CCNCc2ccccc2)N1CCCc1ccncc1. The second-order valence-electron chi connectivity index (χ2n) is 6.69. The predicted molar refractivity (Wildman–Crippen MR) is 100 cm³/mol. The van der Waals surface area contributed by atoms with Crippen LogP contribution in [0.4, 0.5) is 0 Å². The molecule has 0 unspecified atom stereocenters. The van der Waals surface area contributed by atoms with Crippen molar-refractivity contribution in [2.24, 2.45) is 0 Å². The van der Waals surface area contributed by atoms with Crippen molar-refractivity contribution in [3.63, 3.8) is 0 Å². The minimum absolute atomic E-state index is 0.322. The lowest BCUT2D eigenvalue weighted by Gasteiger charge is -2.25. The van der Waals surface area contributed by atoms with Gasteiger partial charge in [0.2, 0.25) is 5.91 Å². The molecular weight excluding hydrogens is 310 g/mol. The fourth-order valence-electron chi connectivity index (χ4n) is 3.50. The molecule has 1 aromatic heterocycles. The van der Waals surface area contributed by atoms with E-state index in [-0.39, 0.29) is 0 Å². The zero-order valence-electron chi connectivity index (χ0n) is 14.7. The van der Waals surface area contributed by atoms with Crippen LogP contribution in [0.25, 0.3) is 0 Å². The molecule has 0 aliphatic carbocycles. The molecule has 3 rings (SSSR count). The predicted octanol–water partition coefficient (Wildman–Crippen LogP) is 3.19. The Morgan fingerprint density at radius 1 is 1.08 bits per heavy atom. The van der Waals surface area contributed by atoms with E-state index in [1.807, 2.05) is 18.5 Å². The summed E-state index contributed by atoms with van der Waals surface area (Å²) in [6, 6.07) is 14.9. The van der Waals surface area contributed by atoms with Gasteiger partial charge in [0.25, 0.3) is 0 Å². The number of hydrogen-bond donors (Lipinski definition) is 1.